The van der Waals surface area contributed by atoms with Crippen molar-refractivity contribution in [3.8, 4) is 17.2 Å². The number of halogens is 2. The number of methoxy groups -OCH3 is 2. The van der Waals surface area contributed by atoms with Gasteiger partial charge in [0.05, 0.1) is 56.7 Å². The van der Waals surface area contributed by atoms with E-state index in [1.165, 1.54) is 26.6 Å². The first kappa shape index (κ1) is 22.7. The van der Waals surface area contributed by atoms with Crippen LogP contribution in [-0.2, 0) is 13.2 Å². The molecule has 0 unspecified atom stereocenters. The van der Waals surface area contributed by atoms with Gasteiger partial charge in [0.15, 0.2) is 28.9 Å². The maximum atomic E-state index is 14.4. The second kappa shape index (κ2) is 9.96. The Morgan fingerprint density at radius 3 is 2.33 bits per heavy atom. The van der Waals surface area contributed by atoms with Crippen LogP contribution in [0.1, 0.15) is 5.56 Å². The number of benzene rings is 1. The van der Waals surface area contributed by atoms with E-state index in [-0.39, 0.29) is 28.9 Å². The fraction of sp³-hybridized carbons (Fsp3) is 0.381. The van der Waals surface area contributed by atoms with Crippen LogP contribution in [0.25, 0.3) is 0 Å². The van der Waals surface area contributed by atoms with Crippen molar-refractivity contribution in [2.24, 2.45) is 0 Å². The molecule has 1 aromatic carbocycles. The normalized spacial score (nSPS) is 14.1. The first-order chi connectivity index (χ1) is 16.0. The summed E-state index contributed by atoms with van der Waals surface area (Å²) in [6.07, 6.45) is 6.04. The highest BCUT2D eigenvalue weighted by atomic mass is 19.1. The number of nitrogens with one attached hydrogen (secondary N) is 1. The third kappa shape index (κ3) is 5.29. The average molecular weight is 462 g/mol. The molecule has 0 saturated carbocycles. The minimum Gasteiger partial charge on any atom is -0.494 e. The third-order valence-corrected chi connectivity index (χ3v) is 5.15. The molecule has 1 saturated heterocycles. The highest BCUT2D eigenvalue weighted by Gasteiger charge is 2.23. The highest BCUT2D eigenvalue weighted by Crippen LogP contribution is 2.32. The van der Waals surface area contributed by atoms with E-state index in [1.54, 1.807) is 10.9 Å². The third-order valence-electron chi connectivity index (χ3n) is 5.15. The summed E-state index contributed by atoms with van der Waals surface area (Å²) in [5.41, 5.74) is 0.383. The van der Waals surface area contributed by atoms with E-state index in [1.807, 2.05) is 6.20 Å². The molecule has 3 heterocycles. The lowest BCUT2D eigenvalue weighted by atomic mass is 10.1. The second-order valence-corrected chi connectivity index (χ2v) is 7.45. The Balaban J connectivity index is 1.33. The fourth-order valence-electron chi connectivity index (χ4n) is 3.32. The summed E-state index contributed by atoms with van der Waals surface area (Å²) < 4.78 is 46.0. The number of aliphatic hydroxyl groups excluding tert-OH is 1. The molecule has 1 aliphatic rings. The van der Waals surface area contributed by atoms with Gasteiger partial charge in [-0.05, 0) is 0 Å². The zero-order valence-corrected chi connectivity index (χ0v) is 18.2. The van der Waals surface area contributed by atoms with Crippen LogP contribution in [0.3, 0.4) is 0 Å². The minimum atomic E-state index is -0.864. The lowest BCUT2D eigenvalue weighted by molar-refractivity contribution is 0.0000449. The Labute approximate surface area is 188 Å². The predicted octanol–water partition coefficient (Wildman–Crippen LogP) is 1.97. The van der Waals surface area contributed by atoms with Gasteiger partial charge in [-0.15, -0.1) is 0 Å². The van der Waals surface area contributed by atoms with Gasteiger partial charge in [-0.25, -0.2) is 18.7 Å². The van der Waals surface area contributed by atoms with Gasteiger partial charge < -0.3 is 24.6 Å². The van der Waals surface area contributed by atoms with Gasteiger partial charge in [0.25, 0.3) is 0 Å². The molecule has 176 valence electrons. The molecule has 12 heteroatoms. The lowest BCUT2D eigenvalue weighted by Crippen LogP contribution is -2.51. The largest absolute Gasteiger partial charge is 0.494 e. The van der Waals surface area contributed by atoms with Crippen molar-refractivity contribution in [1.29, 1.82) is 0 Å². The van der Waals surface area contributed by atoms with Gasteiger partial charge in [0, 0.05) is 31.9 Å². The van der Waals surface area contributed by atoms with Gasteiger partial charge in [0.2, 0.25) is 5.95 Å². The molecule has 0 radical (unpaired) electrons. The number of anilines is 2. The molecule has 33 heavy (non-hydrogen) atoms. The molecule has 0 spiro atoms. The smallest absolute Gasteiger partial charge is 0.227 e. The number of nitrogens with zero attached hydrogens (tertiary/aromatic N) is 5. The van der Waals surface area contributed by atoms with Crippen LogP contribution in [0.15, 0.2) is 30.9 Å². The SMILES string of the molecule is COc1cc(OC)c(F)c(COc2cnc(Nc3cnn(CCN4CC(O)C4)c3)nc2)c1F. The summed E-state index contributed by atoms with van der Waals surface area (Å²) in [6, 6.07) is 1.13. The zero-order valence-electron chi connectivity index (χ0n) is 18.2. The molecule has 0 bridgehead atoms. The van der Waals surface area contributed by atoms with E-state index in [0.29, 0.717) is 31.3 Å². The van der Waals surface area contributed by atoms with Crippen molar-refractivity contribution in [3.05, 3.63) is 48.1 Å². The number of ether oxygens (including phenoxy) is 3. The quantitative estimate of drug-likeness (QED) is 0.468. The maximum Gasteiger partial charge on any atom is 0.227 e. The van der Waals surface area contributed by atoms with Crippen LogP contribution >= 0.6 is 0 Å². The first-order valence-corrected chi connectivity index (χ1v) is 10.2. The highest BCUT2D eigenvalue weighted by molar-refractivity contribution is 5.50. The molecule has 0 amide bonds. The lowest BCUT2D eigenvalue weighted by Gasteiger charge is -2.35. The van der Waals surface area contributed by atoms with Crippen molar-refractivity contribution >= 4 is 11.6 Å². The number of aliphatic hydroxyl groups is 1. The molecule has 10 nitrogen and oxygen atoms in total. The van der Waals surface area contributed by atoms with Gasteiger partial charge in [0.1, 0.15) is 6.61 Å². The Hall–Kier alpha value is -3.51. The topological polar surface area (TPSA) is 107 Å². The summed E-state index contributed by atoms with van der Waals surface area (Å²) in [5.74, 6) is -1.48. The van der Waals surface area contributed by atoms with Gasteiger partial charge >= 0.3 is 0 Å². The van der Waals surface area contributed by atoms with Crippen LogP contribution in [0, 0.1) is 11.6 Å². The summed E-state index contributed by atoms with van der Waals surface area (Å²) in [5, 5.41) is 16.6. The van der Waals surface area contributed by atoms with Crippen molar-refractivity contribution in [1.82, 2.24) is 24.6 Å². The van der Waals surface area contributed by atoms with E-state index in [2.05, 4.69) is 25.3 Å². The minimum absolute atomic E-state index is 0.148. The number of hydrogen-bond donors (Lipinski definition) is 2. The zero-order chi connectivity index (χ0) is 23.4. The van der Waals surface area contributed by atoms with Crippen LogP contribution in [0.5, 0.6) is 17.2 Å². The molecule has 4 rings (SSSR count). The molecular weight excluding hydrogens is 438 g/mol. The van der Waals surface area contributed by atoms with E-state index in [4.69, 9.17) is 14.2 Å². The molecular formula is C21H24F2N6O4. The Bertz CT molecular complexity index is 1060. The van der Waals surface area contributed by atoms with Gasteiger partial charge in [-0.3, -0.25) is 9.58 Å². The summed E-state index contributed by atoms with van der Waals surface area (Å²) in [7, 11) is 2.56. The second-order valence-electron chi connectivity index (χ2n) is 7.45. The maximum absolute atomic E-state index is 14.4. The number of β-amino-alcohol motifs (C(OH)–C–C–N with tert-alkyl or cyclic N) is 1. The van der Waals surface area contributed by atoms with Crippen LogP contribution in [-0.4, -0.2) is 69.7 Å². The van der Waals surface area contributed by atoms with E-state index >= 15 is 0 Å². The summed E-state index contributed by atoms with van der Waals surface area (Å²) >= 11 is 0. The standard InChI is InChI=1S/C21H24F2N6O4/c1-31-17-5-18(32-2)20(23)16(19(17)22)12-33-15-7-24-21(25-8-15)27-13-6-26-29(9-13)4-3-28-10-14(30)11-28/h5-9,14,30H,3-4,10-12H2,1-2H3,(H,24,25,27). The van der Waals surface area contributed by atoms with E-state index < -0.39 is 18.2 Å². The average Bonchev–Trinajstić information content (AvgIpc) is 3.24. The molecule has 0 atom stereocenters. The molecule has 1 aliphatic heterocycles. The molecule has 1 fully saturated rings. The van der Waals surface area contributed by atoms with Crippen LogP contribution < -0.4 is 19.5 Å². The Morgan fingerprint density at radius 2 is 1.73 bits per heavy atom. The number of hydrogen-bond acceptors (Lipinski definition) is 9. The van der Waals surface area contributed by atoms with Crippen molar-refractivity contribution in [2.45, 2.75) is 19.3 Å². The summed E-state index contributed by atoms with van der Waals surface area (Å²) in [4.78, 5) is 10.5. The molecule has 3 aromatic rings. The Kier molecular flexibility index (Phi) is 6.84. The molecule has 0 aliphatic carbocycles. The van der Waals surface area contributed by atoms with Crippen LogP contribution in [0.2, 0.25) is 0 Å². The van der Waals surface area contributed by atoms with Gasteiger partial charge in [-0.2, -0.15) is 5.10 Å². The molecule has 2 aromatic heterocycles. The van der Waals surface area contributed by atoms with E-state index in [0.717, 1.165) is 12.6 Å². The van der Waals surface area contributed by atoms with Gasteiger partial charge in [-0.1, -0.05) is 0 Å². The van der Waals surface area contributed by atoms with Crippen molar-refractivity contribution in [3.63, 3.8) is 0 Å². The number of aromatic nitrogens is 4. The predicted molar refractivity (Wildman–Crippen MR) is 114 cm³/mol. The van der Waals surface area contributed by atoms with Crippen molar-refractivity contribution < 1.29 is 28.1 Å². The number of rotatable bonds is 10. The van der Waals surface area contributed by atoms with E-state index in [9.17, 15) is 13.9 Å². The summed E-state index contributed by atoms with van der Waals surface area (Å²) in [6.45, 7) is 2.49. The van der Waals surface area contributed by atoms with Crippen LogP contribution in [0.4, 0.5) is 20.4 Å². The van der Waals surface area contributed by atoms with Crippen molar-refractivity contribution in [2.75, 3.05) is 39.2 Å². The molecule has 2 N–H and O–H groups in total. The monoisotopic (exact) mass is 462 g/mol. The Morgan fingerprint density at radius 1 is 1.06 bits per heavy atom. The first-order valence-electron chi connectivity index (χ1n) is 10.2. The number of likely N-dealkylation sites (tertiary alicyclic amines) is 1. The fourth-order valence-corrected chi connectivity index (χ4v) is 3.32.